The van der Waals surface area contributed by atoms with Gasteiger partial charge in [-0.25, -0.2) is 4.79 Å². The highest BCUT2D eigenvalue weighted by Crippen LogP contribution is 2.46. The number of ether oxygens (including phenoxy) is 1. The molecule has 2 aliphatic heterocycles. The molecule has 4 aliphatic rings. The largest absolute Gasteiger partial charge is 0.487 e. The fraction of sp³-hybridized carbons (Fsp3) is 0.680. The summed E-state index contributed by atoms with van der Waals surface area (Å²) in [5.41, 5.74) is 0.873. The molecule has 1 atom stereocenters. The zero-order valence-corrected chi connectivity index (χ0v) is 18.4. The summed E-state index contributed by atoms with van der Waals surface area (Å²) in [5.74, 6) is 1.25. The van der Waals surface area contributed by atoms with Crippen LogP contribution in [0.15, 0.2) is 24.3 Å². The Balaban J connectivity index is 1.23. The van der Waals surface area contributed by atoms with E-state index in [9.17, 15) is 9.59 Å². The maximum atomic E-state index is 12.7. The van der Waals surface area contributed by atoms with Crippen LogP contribution in [-0.4, -0.2) is 47.6 Å². The summed E-state index contributed by atoms with van der Waals surface area (Å²) < 4.78 is 6.56. The van der Waals surface area contributed by atoms with Crippen LogP contribution in [0.25, 0.3) is 0 Å². The number of rotatable bonds is 4. The van der Waals surface area contributed by atoms with Gasteiger partial charge < -0.3 is 20.3 Å². The molecule has 0 radical (unpaired) electrons. The number of fused-ring (bicyclic) bond motifs is 1. The van der Waals surface area contributed by atoms with E-state index in [1.54, 1.807) is 0 Å². The average molecular weight is 426 g/mol. The van der Waals surface area contributed by atoms with Crippen LogP contribution in [-0.2, 0) is 4.79 Å². The topological polar surface area (TPSA) is 70.7 Å². The first-order chi connectivity index (χ1) is 15.1. The van der Waals surface area contributed by atoms with Gasteiger partial charge in [-0.2, -0.15) is 0 Å². The Morgan fingerprint density at radius 1 is 0.968 bits per heavy atom. The Morgan fingerprint density at radius 3 is 2.35 bits per heavy atom. The third-order valence-electron chi connectivity index (χ3n) is 7.85. The molecule has 6 nitrogen and oxygen atoms in total. The molecular weight excluding hydrogens is 390 g/mol. The van der Waals surface area contributed by atoms with Gasteiger partial charge in [0.05, 0.1) is 0 Å². The van der Waals surface area contributed by atoms with Gasteiger partial charge >= 0.3 is 6.03 Å². The third kappa shape index (κ3) is 4.53. The highest BCUT2D eigenvalue weighted by atomic mass is 16.5. The minimum absolute atomic E-state index is 0.0781. The fourth-order valence-electron chi connectivity index (χ4n) is 5.75. The van der Waals surface area contributed by atoms with Crippen LogP contribution in [0, 0.1) is 0 Å². The van der Waals surface area contributed by atoms with Gasteiger partial charge in [-0.05, 0) is 50.2 Å². The molecule has 0 aromatic heterocycles. The maximum absolute atomic E-state index is 12.7. The predicted molar refractivity (Wildman–Crippen MR) is 119 cm³/mol. The van der Waals surface area contributed by atoms with Crippen LogP contribution in [0.5, 0.6) is 5.75 Å². The average Bonchev–Trinajstić information content (AvgIpc) is 3.24. The van der Waals surface area contributed by atoms with E-state index in [4.69, 9.17) is 4.74 Å². The molecule has 1 saturated heterocycles. The SMILES string of the molecule is O=C(CC1CC2(CCN(C(=O)NC3CCCC3)CC2)Oc2ccccc21)NC1CCC1. The van der Waals surface area contributed by atoms with Crippen LogP contribution in [0.4, 0.5) is 4.79 Å². The number of hydrogen-bond acceptors (Lipinski definition) is 3. The summed E-state index contributed by atoms with van der Waals surface area (Å²) >= 11 is 0. The minimum atomic E-state index is -0.278. The van der Waals surface area contributed by atoms with E-state index in [-0.39, 0.29) is 23.5 Å². The number of carbonyl (C=O) groups is 2. The molecule has 2 N–H and O–H groups in total. The van der Waals surface area contributed by atoms with Crippen molar-refractivity contribution < 1.29 is 14.3 Å². The van der Waals surface area contributed by atoms with Gasteiger partial charge in [0.2, 0.25) is 5.91 Å². The summed E-state index contributed by atoms with van der Waals surface area (Å²) in [5, 5.41) is 6.41. The van der Waals surface area contributed by atoms with Crippen molar-refractivity contribution >= 4 is 11.9 Å². The lowest BCUT2D eigenvalue weighted by Gasteiger charge is -2.47. The van der Waals surface area contributed by atoms with E-state index in [0.29, 0.717) is 31.6 Å². The normalized spacial score (nSPS) is 25.4. The quantitative estimate of drug-likeness (QED) is 0.763. The van der Waals surface area contributed by atoms with Crippen molar-refractivity contribution in [2.24, 2.45) is 0 Å². The Hall–Kier alpha value is -2.24. The molecule has 168 valence electrons. The van der Waals surface area contributed by atoms with Crippen molar-refractivity contribution in [3.63, 3.8) is 0 Å². The number of nitrogens with one attached hydrogen (secondary N) is 2. The molecular formula is C25H35N3O3. The number of carbonyl (C=O) groups excluding carboxylic acids is 2. The van der Waals surface area contributed by atoms with Crippen molar-refractivity contribution in [1.82, 2.24) is 15.5 Å². The molecule has 0 bridgehead atoms. The molecule has 3 fully saturated rings. The van der Waals surface area contributed by atoms with Crippen molar-refractivity contribution in [2.45, 2.75) is 94.2 Å². The van der Waals surface area contributed by atoms with Gasteiger partial charge in [0.15, 0.2) is 0 Å². The van der Waals surface area contributed by atoms with Crippen molar-refractivity contribution in [2.75, 3.05) is 13.1 Å². The lowest BCUT2D eigenvalue weighted by atomic mass is 9.76. The Bertz CT molecular complexity index is 808. The number of hydrogen-bond donors (Lipinski definition) is 2. The molecule has 31 heavy (non-hydrogen) atoms. The molecule has 6 heteroatoms. The van der Waals surface area contributed by atoms with Gasteiger partial charge in [-0.15, -0.1) is 0 Å². The van der Waals surface area contributed by atoms with Crippen molar-refractivity contribution in [3.05, 3.63) is 29.8 Å². The number of nitrogens with zero attached hydrogens (tertiary/aromatic N) is 1. The van der Waals surface area contributed by atoms with Gasteiger partial charge in [0.1, 0.15) is 11.4 Å². The van der Waals surface area contributed by atoms with E-state index in [1.165, 1.54) is 19.3 Å². The van der Waals surface area contributed by atoms with Crippen LogP contribution >= 0.6 is 0 Å². The predicted octanol–water partition coefficient (Wildman–Crippen LogP) is 4.10. The second kappa shape index (κ2) is 8.71. The summed E-state index contributed by atoms with van der Waals surface area (Å²) in [7, 11) is 0. The van der Waals surface area contributed by atoms with Gasteiger partial charge in [-0.3, -0.25) is 4.79 Å². The molecule has 2 saturated carbocycles. The van der Waals surface area contributed by atoms with Crippen LogP contribution in [0.2, 0.25) is 0 Å². The Labute approximate surface area is 185 Å². The van der Waals surface area contributed by atoms with Gasteiger partial charge in [0.25, 0.3) is 0 Å². The van der Waals surface area contributed by atoms with Gasteiger partial charge in [0, 0.05) is 50.4 Å². The molecule has 2 heterocycles. The smallest absolute Gasteiger partial charge is 0.317 e. The van der Waals surface area contributed by atoms with Crippen LogP contribution < -0.4 is 15.4 Å². The Kier molecular flexibility index (Phi) is 5.81. The van der Waals surface area contributed by atoms with E-state index >= 15 is 0 Å². The molecule has 1 aromatic rings. The molecule has 1 aromatic carbocycles. The maximum Gasteiger partial charge on any atom is 0.317 e. The third-order valence-corrected chi connectivity index (χ3v) is 7.85. The van der Waals surface area contributed by atoms with Crippen LogP contribution in [0.1, 0.15) is 82.1 Å². The van der Waals surface area contributed by atoms with E-state index < -0.39 is 0 Å². The number of likely N-dealkylation sites (tertiary alicyclic amines) is 1. The lowest BCUT2D eigenvalue weighted by Crippen LogP contribution is -2.54. The second-order valence-corrected chi connectivity index (χ2v) is 10.0. The van der Waals surface area contributed by atoms with Crippen LogP contribution in [0.3, 0.4) is 0 Å². The molecule has 1 spiro atoms. The van der Waals surface area contributed by atoms with Crippen molar-refractivity contribution in [1.29, 1.82) is 0 Å². The summed E-state index contributed by atoms with van der Waals surface area (Å²) in [4.78, 5) is 27.3. The number of piperidine rings is 1. The first kappa shape index (κ1) is 20.7. The first-order valence-electron chi connectivity index (χ1n) is 12.2. The molecule has 1 unspecified atom stereocenters. The van der Waals surface area contributed by atoms with E-state index in [1.807, 2.05) is 23.1 Å². The monoisotopic (exact) mass is 425 g/mol. The summed E-state index contributed by atoms with van der Waals surface area (Å²) in [6.07, 6.45) is 11.1. The van der Waals surface area contributed by atoms with Crippen molar-refractivity contribution in [3.8, 4) is 5.75 Å². The number of benzene rings is 1. The fourth-order valence-corrected chi connectivity index (χ4v) is 5.75. The zero-order chi connectivity index (χ0) is 21.3. The minimum Gasteiger partial charge on any atom is -0.487 e. The van der Waals surface area contributed by atoms with E-state index in [0.717, 1.165) is 56.3 Å². The van der Waals surface area contributed by atoms with Gasteiger partial charge in [-0.1, -0.05) is 31.0 Å². The summed E-state index contributed by atoms with van der Waals surface area (Å²) in [6, 6.07) is 8.98. The lowest BCUT2D eigenvalue weighted by molar-refractivity contribution is -0.123. The second-order valence-electron chi connectivity index (χ2n) is 10.0. The van der Waals surface area contributed by atoms with E-state index in [2.05, 4.69) is 16.7 Å². The summed E-state index contributed by atoms with van der Waals surface area (Å²) in [6.45, 7) is 1.42. The molecule has 2 aliphatic carbocycles. The highest BCUT2D eigenvalue weighted by molar-refractivity contribution is 5.77. The zero-order valence-electron chi connectivity index (χ0n) is 18.4. The number of urea groups is 1. The standard InChI is InChI=1S/C25H35N3O3/c29-23(26-19-8-5-9-19)16-18-17-25(31-22-11-4-3-10-21(18)22)12-14-28(15-13-25)24(30)27-20-6-1-2-7-20/h3-4,10-11,18-20H,1-2,5-9,12-17H2,(H,26,29)(H,27,30). The Morgan fingerprint density at radius 2 is 1.65 bits per heavy atom. The number of para-hydroxylation sites is 1. The first-order valence-corrected chi connectivity index (χ1v) is 12.2. The molecule has 5 rings (SSSR count). The molecule has 3 amide bonds. The highest BCUT2D eigenvalue weighted by Gasteiger charge is 2.44. The number of amides is 3.